The number of aryl methyl sites for hydroxylation is 1. The molecule has 2 aromatic rings. The van der Waals surface area contributed by atoms with Crippen molar-refractivity contribution in [1.82, 2.24) is 4.90 Å². The van der Waals surface area contributed by atoms with Crippen LogP contribution in [-0.2, 0) is 16.8 Å². The third kappa shape index (κ3) is 3.32. The standard InChI is InChI=1S/C18H20FNO4/c1-11-13(16(21)22)9-12(24-11)10-20(4)17(23)18(2,3)14-7-5-6-8-15(14)19/h5-9H,10H2,1-4H3,(H,21,22). The molecule has 0 saturated heterocycles. The maximum Gasteiger partial charge on any atom is 0.339 e. The molecule has 0 aliphatic heterocycles. The molecule has 0 saturated carbocycles. The molecule has 6 heteroatoms. The van der Waals surface area contributed by atoms with Crippen molar-refractivity contribution in [3.05, 3.63) is 58.8 Å². The maximum atomic E-state index is 14.0. The van der Waals surface area contributed by atoms with Gasteiger partial charge in [-0.3, -0.25) is 4.79 Å². The zero-order valence-corrected chi connectivity index (χ0v) is 14.1. The van der Waals surface area contributed by atoms with E-state index in [-0.39, 0.29) is 23.8 Å². The van der Waals surface area contributed by atoms with Crippen molar-refractivity contribution in [3.63, 3.8) is 0 Å². The lowest BCUT2D eigenvalue weighted by molar-refractivity contribution is -0.135. The van der Waals surface area contributed by atoms with E-state index in [2.05, 4.69) is 0 Å². The molecule has 0 radical (unpaired) electrons. The van der Waals surface area contributed by atoms with Gasteiger partial charge in [-0.05, 0) is 32.9 Å². The summed E-state index contributed by atoms with van der Waals surface area (Å²) in [5.74, 6) is -1.16. The van der Waals surface area contributed by atoms with Crippen LogP contribution in [0.5, 0.6) is 0 Å². The van der Waals surface area contributed by atoms with Gasteiger partial charge in [0, 0.05) is 12.6 Å². The second-order valence-electron chi connectivity index (χ2n) is 6.25. The predicted molar refractivity (Wildman–Crippen MR) is 86.3 cm³/mol. The molecule has 0 fully saturated rings. The molecule has 0 aliphatic carbocycles. The summed E-state index contributed by atoms with van der Waals surface area (Å²) >= 11 is 0. The van der Waals surface area contributed by atoms with Gasteiger partial charge in [0.1, 0.15) is 22.9 Å². The van der Waals surface area contributed by atoms with Gasteiger partial charge in [0.05, 0.1) is 12.0 Å². The third-order valence-corrected chi connectivity index (χ3v) is 4.02. The highest BCUT2D eigenvalue weighted by Gasteiger charge is 2.35. The monoisotopic (exact) mass is 333 g/mol. The number of carbonyl (C=O) groups is 2. The Morgan fingerprint density at radius 3 is 2.46 bits per heavy atom. The second-order valence-corrected chi connectivity index (χ2v) is 6.25. The highest BCUT2D eigenvalue weighted by atomic mass is 19.1. The first kappa shape index (κ1) is 17.7. The summed E-state index contributed by atoms with van der Waals surface area (Å²) in [7, 11) is 1.57. The first-order valence-electron chi connectivity index (χ1n) is 7.47. The fraction of sp³-hybridized carbons (Fsp3) is 0.333. The summed E-state index contributed by atoms with van der Waals surface area (Å²) in [5.41, 5.74) is -0.680. The van der Waals surface area contributed by atoms with Crippen molar-refractivity contribution < 1.29 is 23.5 Å². The summed E-state index contributed by atoms with van der Waals surface area (Å²) < 4.78 is 19.4. The molecule has 1 aromatic carbocycles. The average molecular weight is 333 g/mol. The van der Waals surface area contributed by atoms with E-state index in [4.69, 9.17) is 9.52 Å². The molecule has 128 valence electrons. The first-order chi connectivity index (χ1) is 11.1. The Balaban J connectivity index is 2.21. The van der Waals surface area contributed by atoms with Gasteiger partial charge in [-0.25, -0.2) is 9.18 Å². The summed E-state index contributed by atoms with van der Waals surface area (Å²) in [5, 5.41) is 9.05. The molecule has 1 aromatic heterocycles. The Morgan fingerprint density at radius 1 is 1.29 bits per heavy atom. The van der Waals surface area contributed by atoms with Crippen LogP contribution in [0.3, 0.4) is 0 Å². The van der Waals surface area contributed by atoms with Crippen LogP contribution in [0.2, 0.25) is 0 Å². The van der Waals surface area contributed by atoms with E-state index in [1.165, 1.54) is 17.0 Å². The number of likely N-dealkylation sites (N-methyl/N-ethyl adjacent to an activating group) is 1. The van der Waals surface area contributed by atoms with Gasteiger partial charge in [-0.2, -0.15) is 0 Å². The van der Waals surface area contributed by atoms with Crippen LogP contribution in [0.15, 0.2) is 34.7 Å². The average Bonchev–Trinajstić information content (AvgIpc) is 2.87. The van der Waals surface area contributed by atoms with Crippen molar-refractivity contribution in [2.45, 2.75) is 32.7 Å². The summed E-state index contributed by atoms with van der Waals surface area (Å²) in [6, 6.07) is 7.56. The molecule has 1 N–H and O–H groups in total. The number of carbonyl (C=O) groups excluding carboxylic acids is 1. The van der Waals surface area contributed by atoms with E-state index in [1.807, 2.05) is 0 Å². The molecule has 1 heterocycles. The number of carboxylic acids is 1. The van der Waals surface area contributed by atoms with Crippen LogP contribution in [0.4, 0.5) is 4.39 Å². The van der Waals surface area contributed by atoms with Crippen molar-refractivity contribution in [1.29, 1.82) is 0 Å². The van der Waals surface area contributed by atoms with Crippen LogP contribution < -0.4 is 0 Å². The molecule has 0 aliphatic rings. The van der Waals surface area contributed by atoms with Gasteiger partial charge in [0.15, 0.2) is 0 Å². The zero-order chi connectivity index (χ0) is 18.1. The molecule has 0 bridgehead atoms. The number of furan rings is 1. The van der Waals surface area contributed by atoms with E-state index in [9.17, 15) is 14.0 Å². The van der Waals surface area contributed by atoms with Crippen LogP contribution in [-0.4, -0.2) is 28.9 Å². The molecule has 2 rings (SSSR count). The number of hydrogen-bond acceptors (Lipinski definition) is 3. The Bertz CT molecular complexity index is 779. The second kappa shape index (κ2) is 6.47. The van der Waals surface area contributed by atoms with Crippen molar-refractivity contribution in [2.24, 2.45) is 0 Å². The predicted octanol–water partition coefficient (Wildman–Crippen LogP) is 3.36. The van der Waals surface area contributed by atoms with Gasteiger partial charge in [0.2, 0.25) is 5.91 Å². The Kier molecular flexibility index (Phi) is 4.78. The SMILES string of the molecule is Cc1oc(CN(C)C(=O)C(C)(C)c2ccccc2F)cc1C(=O)O. The molecule has 1 amide bonds. The number of hydrogen-bond donors (Lipinski definition) is 1. The zero-order valence-electron chi connectivity index (χ0n) is 14.1. The van der Waals surface area contributed by atoms with E-state index in [0.717, 1.165) is 0 Å². The number of amides is 1. The molecular weight excluding hydrogens is 313 g/mol. The number of carboxylic acid groups (broad SMARTS) is 1. The minimum absolute atomic E-state index is 0.0687. The minimum Gasteiger partial charge on any atom is -0.478 e. The number of nitrogens with zero attached hydrogens (tertiary/aromatic N) is 1. The third-order valence-electron chi connectivity index (χ3n) is 4.02. The largest absolute Gasteiger partial charge is 0.478 e. The molecule has 24 heavy (non-hydrogen) atoms. The number of rotatable bonds is 5. The Hall–Kier alpha value is -2.63. The normalized spacial score (nSPS) is 11.4. The molecule has 0 atom stereocenters. The summed E-state index contributed by atoms with van der Waals surface area (Å²) in [4.78, 5) is 25.2. The Morgan fingerprint density at radius 2 is 1.92 bits per heavy atom. The van der Waals surface area contributed by atoms with Crippen molar-refractivity contribution >= 4 is 11.9 Å². The van der Waals surface area contributed by atoms with Gasteiger partial charge in [-0.15, -0.1) is 0 Å². The molecule has 0 spiro atoms. The van der Waals surface area contributed by atoms with Crippen LogP contribution >= 0.6 is 0 Å². The lowest BCUT2D eigenvalue weighted by atomic mass is 9.83. The van der Waals surface area contributed by atoms with E-state index < -0.39 is 17.2 Å². The lowest BCUT2D eigenvalue weighted by Gasteiger charge is -2.29. The first-order valence-corrected chi connectivity index (χ1v) is 7.47. The highest BCUT2D eigenvalue weighted by Crippen LogP contribution is 2.28. The molecule has 0 unspecified atom stereocenters. The van der Waals surface area contributed by atoms with Gasteiger partial charge in [0.25, 0.3) is 0 Å². The van der Waals surface area contributed by atoms with Crippen molar-refractivity contribution in [3.8, 4) is 0 Å². The van der Waals surface area contributed by atoms with E-state index in [1.54, 1.807) is 46.0 Å². The van der Waals surface area contributed by atoms with Gasteiger partial charge < -0.3 is 14.4 Å². The topological polar surface area (TPSA) is 70.8 Å². The van der Waals surface area contributed by atoms with Gasteiger partial charge in [-0.1, -0.05) is 18.2 Å². The number of aromatic carboxylic acids is 1. The number of halogens is 1. The number of benzene rings is 1. The molecular formula is C18H20FNO4. The van der Waals surface area contributed by atoms with Crippen LogP contribution in [0, 0.1) is 12.7 Å². The fourth-order valence-corrected chi connectivity index (χ4v) is 2.70. The van der Waals surface area contributed by atoms with E-state index in [0.29, 0.717) is 11.3 Å². The fourth-order valence-electron chi connectivity index (χ4n) is 2.70. The molecule has 5 nitrogen and oxygen atoms in total. The van der Waals surface area contributed by atoms with E-state index >= 15 is 0 Å². The van der Waals surface area contributed by atoms with Crippen molar-refractivity contribution in [2.75, 3.05) is 7.05 Å². The van der Waals surface area contributed by atoms with Crippen LogP contribution in [0.25, 0.3) is 0 Å². The Labute approximate surface area is 139 Å². The summed E-state index contributed by atoms with van der Waals surface area (Å²) in [6.45, 7) is 4.96. The highest BCUT2D eigenvalue weighted by molar-refractivity contribution is 5.89. The lowest BCUT2D eigenvalue weighted by Crippen LogP contribution is -2.41. The van der Waals surface area contributed by atoms with Crippen LogP contribution in [0.1, 0.15) is 41.3 Å². The smallest absolute Gasteiger partial charge is 0.339 e. The minimum atomic E-state index is -1.08. The maximum absolute atomic E-state index is 14.0. The quantitative estimate of drug-likeness (QED) is 0.911. The van der Waals surface area contributed by atoms with Gasteiger partial charge >= 0.3 is 5.97 Å². The summed E-state index contributed by atoms with van der Waals surface area (Å²) in [6.07, 6.45) is 0.